The quantitative estimate of drug-likeness (QED) is 0.620. The van der Waals surface area contributed by atoms with Crippen LogP contribution in [0.2, 0.25) is 0 Å². The van der Waals surface area contributed by atoms with Gasteiger partial charge in [0.2, 0.25) is 0 Å². The van der Waals surface area contributed by atoms with Gasteiger partial charge in [-0.05, 0) is 12.1 Å². The Labute approximate surface area is 60.3 Å². The van der Waals surface area contributed by atoms with Crippen LogP contribution in [0, 0.1) is 5.13 Å². The monoisotopic (exact) mass is 184 g/mol. The topological polar surface area (TPSA) is 34.1 Å². The van der Waals surface area contributed by atoms with E-state index in [0.29, 0.717) is 0 Å². The first kappa shape index (κ1) is 7.62. The molecule has 0 atom stereocenters. The van der Waals surface area contributed by atoms with Crippen molar-refractivity contribution < 1.29 is 16.7 Å². The minimum Gasteiger partial charge on any atom is -0.195 e. The highest BCUT2D eigenvalue weighted by Crippen LogP contribution is 2.21. The second-order valence-electron chi connectivity index (χ2n) is 1.50. The highest BCUT2D eigenvalue weighted by molar-refractivity contribution is 7.88. The molecule has 0 radical (unpaired) electrons. The minimum absolute atomic E-state index is 0.265. The van der Waals surface area contributed by atoms with E-state index >= 15 is 0 Å². The third-order valence-corrected chi connectivity index (χ3v) is 2.92. The lowest BCUT2D eigenvalue weighted by molar-refractivity contribution is 0.554. The van der Waals surface area contributed by atoms with E-state index in [0.717, 1.165) is 12.1 Å². The van der Waals surface area contributed by atoms with Crippen molar-refractivity contribution in [2.45, 2.75) is 4.21 Å². The Morgan fingerprint density at radius 3 is 2.20 bits per heavy atom. The van der Waals surface area contributed by atoms with E-state index in [1.807, 2.05) is 0 Å². The van der Waals surface area contributed by atoms with Crippen LogP contribution in [-0.4, -0.2) is 8.42 Å². The average Bonchev–Trinajstić information content (AvgIpc) is 2.11. The highest BCUT2D eigenvalue weighted by Gasteiger charge is 2.14. The molecule has 0 unspecified atom stereocenters. The lowest BCUT2D eigenvalue weighted by Gasteiger charge is -1.81. The first-order valence-corrected chi connectivity index (χ1v) is 4.40. The maximum atomic E-state index is 12.0. The van der Waals surface area contributed by atoms with Crippen molar-refractivity contribution in [3.63, 3.8) is 0 Å². The van der Waals surface area contributed by atoms with Gasteiger partial charge in [0.25, 0.3) is 0 Å². The van der Waals surface area contributed by atoms with Crippen LogP contribution in [-0.2, 0) is 10.2 Å². The van der Waals surface area contributed by atoms with Crippen molar-refractivity contribution in [3.05, 3.63) is 17.3 Å². The van der Waals surface area contributed by atoms with Gasteiger partial charge in [0.05, 0.1) is 0 Å². The molecule has 0 aliphatic heterocycles. The Balaban J connectivity index is 3.21. The summed E-state index contributed by atoms with van der Waals surface area (Å²) in [6.07, 6.45) is 0. The summed E-state index contributed by atoms with van der Waals surface area (Å²) in [5.41, 5.74) is 0. The molecule has 0 spiro atoms. The predicted octanol–water partition coefficient (Wildman–Crippen LogP) is 1.55. The maximum absolute atomic E-state index is 12.0. The molecule has 0 aliphatic carbocycles. The lowest BCUT2D eigenvalue weighted by Crippen LogP contribution is -1.84. The summed E-state index contributed by atoms with van der Waals surface area (Å²) < 4.78 is 43.4. The largest absolute Gasteiger partial charge is 0.341 e. The summed E-state index contributed by atoms with van der Waals surface area (Å²) in [5, 5.41) is -0.712. The Morgan fingerprint density at radius 1 is 1.40 bits per heavy atom. The molecule has 0 N–H and O–H groups in total. The Bertz CT molecular complexity index is 327. The standard InChI is InChI=1S/C4H2F2O2S2/c5-3-1-2-4(9-3)10(6,7)8/h1-2H. The molecule has 10 heavy (non-hydrogen) atoms. The van der Waals surface area contributed by atoms with Gasteiger partial charge in [0.15, 0.2) is 9.34 Å². The summed E-state index contributed by atoms with van der Waals surface area (Å²) in [7, 11) is -4.70. The zero-order valence-corrected chi connectivity index (χ0v) is 6.18. The molecule has 1 heterocycles. The smallest absolute Gasteiger partial charge is 0.195 e. The van der Waals surface area contributed by atoms with E-state index in [9.17, 15) is 16.7 Å². The normalized spacial score (nSPS) is 11.8. The van der Waals surface area contributed by atoms with Crippen LogP contribution in [0.15, 0.2) is 16.3 Å². The van der Waals surface area contributed by atoms with Crippen LogP contribution in [0.25, 0.3) is 0 Å². The summed E-state index contributed by atoms with van der Waals surface area (Å²) >= 11 is 0.265. The third-order valence-electron chi connectivity index (χ3n) is 0.789. The predicted molar refractivity (Wildman–Crippen MR) is 32.6 cm³/mol. The Morgan fingerprint density at radius 2 is 2.00 bits per heavy atom. The first-order valence-electron chi connectivity index (χ1n) is 2.20. The Kier molecular flexibility index (Phi) is 1.74. The highest BCUT2D eigenvalue weighted by atomic mass is 32.3. The molecule has 0 aliphatic rings. The molecule has 0 amide bonds. The van der Waals surface area contributed by atoms with E-state index in [2.05, 4.69) is 0 Å². The van der Waals surface area contributed by atoms with Crippen molar-refractivity contribution in [3.8, 4) is 0 Å². The van der Waals surface area contributed by atoms with Crippen LogP contribution in [0.1, 0.15) is 0 Å². The van der Waals surface area contributed by atoms with Gasteiger partial charge in [-0.3, -0.25) is 0 Å². The van der Waals surface area contributed by atoms with Gasteiger partial charge in [-0.15, -0.1) is 0 Å². The van der Waals surface area contributed by atoms with Crippen LogP contribution in [0.5, 0.6) is 0 Å². The van der Waals surface area contributed by atoms with E-state index in [4.69, 9.17) is 0 Å². The molecule has 0 fully saturated rings. The summed E-state index contributed by atoms with van der Waals surface area (Å²) in [6.45, 7) is 0. The average molecular weight is 184 g/mol. The molecule has 0 saturated carbocycles. The van der Waals surface area contributed by atoms with Crippen LogP contribution >= 0.6 is 11.3 Å². The minimum atomic E-state index is -4.70. The zero-order chi connectivity index (χ0) is 7.78. The van der Waals surface area contributed by atoms with Crippen molar-refractivity contribution in [1.82, 2.24) is 0 Å². The molecule has 0 bridgehead atoms. The summed E-state index contributed by atoms with van der Waals surface area (Å²) in [4.78, 5) is 0. The van der Waals surface area contributed by atoms with Crippen molar-refractivity contribution >= 4 is 21.6 Å². The van der Waals surface area contributed by atoms with Gasteiger partial charge >= 0.3 is 10.2 Å². The number of hydrogen-bond donors (Lipinski definition) is 0. The molecule has 1 aromatic rings. The second-order valence-corrected chi connectivity index (χ2v) is 4.10. The van der Waals surface area contributed by atoms with Crippen molar-refractivity contribution in [1.29, 1.82) is 0 Å². The molecule has 1 aromatic heterocycles. The van der Waals surface area contributed by atoms with E-state index in [1.54, 1.807) is 0 Å². The van der Waals surface area contributed by atoms with Crippen molar-refractivity contribution in [2.75, 3.05) is 0 Å². The fraction of sp³-hybridized carbons (Fsp3) is 0. The maximum Gasteiger partial charge on any atom is 0.341 e. The lowest BCUT2D eigenvalue weighted by atomic mass is 10.7. The molecular weight excluding hydrogens is 182 g/mol. The molecular formula is C4H2F2O2S2. The van der Waals surface area contributed by atoms with Crippen molar-refractivity contribution in [2.24, 2.45) is 0 Å². The third kappa shape index (κ3) is 1.51. The van der Waals surface area contributed by atoms with Crippen LogP contribution in [0.4, 0.5) is 8.28 Å². The molecule has 56 valence electrons. The number of thiophene rings is 1. The summed E-state index contributed by atoms with van der Waals surface area (Å²) in [6, 6.07) is 1.78. The SMILES string of the molecule is O=S(=O)(F)c1ccc(F)s1. The van der Waals surface area contributed by atoms with Gasteiger partial charge in [-0.2, -0.15) is 12.8 Å². The van der Waals surface area contributed by atoms with Gasteiger partial charge in [-0.1, -0.05) is 15.2 Å². The number of rotatable bonds is 1. The molecule has 1 rings (SSSR count). The van der Waals surface area contributed by atoms with Gasteiger partial charge in [-0.25, -0.2) is 0 Å². The van der Waals surface area contributed by atoms with Gasteiger partial charge in [0.1, 0.15) is 0 Å². The number of hydrogen-bond acceptors (Lipinski definition) is 3. The van der Waals surface area contributed by atoms with Gasteiger partial charge < -0.3 is 0 Å². The van der Waals surface area contributed by atoms with Crippen LogP contribution < -0.4 is 0 Å². The molecule has 0 aromatic carbocycles. The van der Waals surface area contributed by atoms with E-state index in [-0.39, 0.29) is 11.3 Å². The zero-order valence-electron chi connectivity index (χ0n) is 4.54. The number of halogens is 2. The molecule has 6 heteroatoms. The fourth-order valence-corrected chi connectivity index (χ4v) is 1.76. The van der Waals surface area contributed by atoms with Crippen LogP contribution in [0.3, 0.4) is 0 Å². The summed E-state index contributed by atoms with van der Waals surface area (Å²) in [5.74, 6) is 0. The fourth-order valence-electron chi connectivity index (χ4n) is 0.429. The second kappa shape index (κ2) is 2.28. The van der Waals surface area contributed by atoms with E-state index < -0.39 is 19.6 Å². The molecule has 0 saturated heterocycles. The van der Waals surface area contributed by atoms with E-state index in [1.165, 1.54) is 0 Å². The first-order chi connectivity index (χ1) is 4.50. The Hall–Kier alpha value is -0.490. The molecule has 2 nitrogen and oxygen atoms in total. The van der Waals surface area contributed by atoms with Gasteiger partial charge in [0, 0.05) is 0 Å².